The van der Waals surface area contributed by atoms with Gasteiger partial charge in [0.25, 0.3) is 0 Å². The van der Waals surface area contributed by atoms with Gasteiger partial charge in [-0.25, -0.2) is 0 Å². The predicted octanol–water partition coefficient (Wildman–Crippen LogP) is 4.50. The first-order valence-electron chi connectivity index (χ1n) is 6.23. The van der Waals surface area contributed by atoms with Crippen molar-refractivity contribution in [2.45, 2.75) is 6.17 Å². The summed E-state index contributed by atoms with van der Waals surface area (Å²) in [5, 5.41) is 10.4. The van der Waals surface area contributed by atoms with Crippen molar-refractivity contribution in [1.29, 1.82) is 0 Å². The number of halogens is 2. The van der Waals surface area contributed by atoms with Crippen LogP contribution in [0.2, 0.25) is 0 Å². The number of nitrogens with zero attached hydrogens (tertiary/aromatic N) is 2. The number of benzene rings is 2. The van der Waals surface area contributed by atoms with Crippen LogP contribution >= 0.6 is 31.9 Å². The number of fused-ring (bicyclic) bond motifs is 1. The minimum Gasteiger partial charge on any atom is -0.506 e. The van der Waals surface area contributed by atoms with Crippen molar-refractivity contribution in [3.8, 4) is 5.75 Å². The number of phenols is 1. The van der Waals surface area contributed by atoms with E-state index in [1.54, 1.807) is 0 Å². The molecule has 20 heavy (non-hydrogen) atoms. The Hall–Kier alpha value is -1.20. The van der Waals surface area contributed by atoms with Crippen LogP contribution in [0, 0.1) is 0 Å². The summed E-state index contributed by atoms with van der Waals surface area (Å²) in [6, 6.07) is 12.1. The summed E-state index contributed by atoms with van der Waals surface area (Å²) in [5.41, 5.74) is 3.19. The second-order valence-corrected chi connectivity index (χ2v) is 6.68. The number of rotatable bonds is 1. The largest absolute Gasteiger partial charge is 0.506 e. The van der Waals surface area contributed by atoms with Crippen LogP contribution in [-0.4, -0.2) is 19.2 Å². The number of phenolic OH excluding ortho intramolecular Hbond substituents is 1. The molecule has 0 bridgehead atoms. The highest BCUT2D eigenvalue weighted by molar-refractivity contribution is 9.11. The first kappa shape index (κ1) is 13.8. The Balaban J connectivity index is 2.14. The van der Waals surface area contributed by atoms with Gasteiger partial charge in [-0.15, -0.1) is 0 Å². The molecule has 0 aliphatic carbocycles. The van der Waals surface area contributed by atoms with Crippen molar-refractivity contribution < 1.29 is 5.11 Å². The van der Waals surface area contributed by atoms with E-state index in [0.717, 1.165) is 21.4 Å². The number of hydrogen-bond acceptors (Lipinski definition) is 3. The molecule has 1 aliphatic rings. The molecule has 0 fully saturated rings. The SMILES string of the molecule is CN1c2ccccc2N(C)C1c1cc(Br)cc(Br)c1O. The van der Waals surface area contributed by atoms with Gasteiger partial charge in [0.1, 0.15) is 11.9 Å². The summed E-state index contributed by atoms with van der Waals surface area (Å²) in [7, 11) is 4.09. The molecule has 5 heteroatoms. The van der Waals surface area contributed by atoms with Gasteiger partial charge in [0.2, 0.25) is 0 Å². The Bertz CT molecular complexity index is 646. The van der Waals surface area contributed by atoms with Gasteiger partial charge in [-0.2, -0.15) is 0 Å². The van der Waals surface area contributed by atoms with E-state index in [2.05, 4.69) is 53.8 Å². The molecule has 0 spiro atoms. The lowest BCUT2D eigenvalue weighted by molar-refractivity contribution is 0.457. The van der Waals surface area contributed by atoms with Crippen molar-refractivity contribution in [2.75, 3.05) is 23.9 Å². The third-order valence-corrected chi connectivity index (χ3v) is 4.77. The Morgan fingerprint density at radius 1 is 1.00 bits per heavy atom. The van der Waals surface area contributed by atoms with E-state index in [-0.39, 0.29) is 11.9 Å². The average Bonchev–Trinajstić information content (AvgIpc) is 2.67. The van der Waals surface area contributed by atoms with Gasteiger partial charge in [-0.05, 0) is 40.2 Å². The topological polar surface area (TPSA) is 26.7 Å². The van der Waals surface area contributed by atoms with Gasteiger partial charge < -0.3 is 14.9 Å². The number of aromatic hydroxyl groups is 1. The standard InChI is InChI=1S/C15H14Br2N2O/c1-18-12-5-3-4-6-13(12)19(2)15(18)10-7-9(16)8-11(17)14(10)20/h3-8,15,20H,1-2H3. The summed E-state index contributed by atoms with van der Waals surface area (Å²) in [6.07, 6.45) is -0.0267. The molecule has 0 atom stereocenters. The molecule has 104 valence electrons. The van der Waals surface area contributed by atoms with Gasteiger partial charge in [0.05, 0.1) is 15.8 Å². The quantitative estimate of drug-likeness (QED) is 0.767. The van der Waals surface area contributed by atoms with Crippen LogP contribution in [0.25, 0.3) is 0 Å². The van der Waals surface area contributed by atoms with Gasteiger partial charge in [-0.1, -0.05) is 28.1 Å². The first-order chi connectivity index (χ1) is 9.50. The predicted molar refractivity (Wildman–Crippen MR) is 89.5 cm³/mol. The van der Waals surface area contributed by atoms with Crippen molar-refractivity contribution in [2.24, 2.45) is 0 Å². The van der Waals surface area contributed by atoms with E-state index < -0.39 is 0 Å². The normalized spacial score (nSPS) is 14.8. The maximum atomic E-state index is 10.4. The Morgan fingerprint density at radius 3 is 2.10 bits per heavy atom. The van der Waals surface area contributed by atoms with Crippen LogP contribution < -0.4 is 9.80 Å². The van der Waals surface area contributed by atoms with Gasteiger partial charge in [0, 0.05) is 24.1 Å². The third-order valence-electron chi connectivity index (χ3n) is 3.71. The average molecular weight is 398 g/mol. The monoisotopic (exact) mass is 396 g/mol. The molecule has 1 heterocycles. The number of anilines is 2. The molecule has 0 radical (unpaired) electrons. The zero-order valence-electron chi connectivity index (χ0n) is 11.1. The molecular weight excluding hydrogens is 384 g/mol. The summed E-state index contributed by atoms with van der Waals surface area (Å²) in [5.74, 6) is 0.282. The summed E-state index contributed by atoms with van der Waals surface area (Å²) in [4.78, 5) is 4.34. The molecule has 0 amide bonds. The smallest absolute Gasteiger partial charge is 0.136 e. The van der Waals surface area contributed by atoms with E-state index in [4.69, 9.17) is 0 Å². The lowest BCUT2D eigenvalue weighted by Gasteiger charge is -2.29. The fraction of sp³-hybridized carbons (Fsp3) is 0.200. The van der Waals surface area contributed by atoms with E-state index in [1.165, 1.54) is 0 Å². The molecule has 1 N–H and O–H groups in total. The van der Waals surface area contributed by atoms with E-state index in [0.29, 0.717) is 4.47 Å². The summed E-state index contributed by atoms with van der Waals surface area (Å²) < 4.78 is 1.63. The fourth-order valence-corrected chi connectivity index (χ4v) is 4.04. The number of hydrogen-bond donors (Lipinski definition) is 1. The van der Waals surface area contributed by atoms with Gasteiger partial charge in [-0.3, -0.25) is 0 Å². The second-order valence-electron chi connectivity index (χ2n) is 4.91. The minimum atomic E-state index is -0.0267. The highest BCUT2D eigenvalue weighted by atomic mass is 79.9. The Labute approximate surface area is 135 Å². The summed E-state index contributed by atoms with van der Waals surface area (Å²) >= 11 is 6.89. The lowest BCUT2D eigenvalue weighted by atomic mass is 10.1. The maximum Gasteiger partial charge on any atom is 0.136 e. The highest BCUT2D eigenvalue weighted by Crippen LogP contribution is 2.47. The molecule has 3 rings (SSSR count). The van der Waals surface area contributed by atoms with Crippen molar-refractivity contribution in [3.63, 3.8) is 0 Å². The molecule has 0 saturated heterocycles. The first-order valence-corrected chi connectivity index (χ1v) is 7.82. The van der Waals surface area contributed by atoms with E-state index >= 15 is 0 Å². The maximum absolute atomic E-state index is 10.4. The van der Waals surface area contributed by atoms with Crippen LogP contribution in [-0.2, 0) is 0 Å². The van der Waals surface area contributed by atoms with Crippen LogP contribution in [0.3, 0.4) is 0 Å². The van der Waals surface area contributed by atoms with Crippen molar-refractivity contribution in [1.82, 2.24) is 0 Å². The molecule has 1 aliphatic heterocycles. The molecule has 0 unspecified atom stereocenters. The second kappa shape index (κ2) is 4.97. The lowest BCUT2D eigenvalue weighted by Crippen LogP contribution is -2.30. The zero-order valence-corrected chi connectivity index (χ0v) is 14.3. The molecular formula is C15H14Br2N2O. The minimum absolute atomic E-state index is 0.0267. The van der Waals surface area contributed by atoms with Gasteiger partial charge >= 0.3 is 0 Å². The van der Waals surface area contributed by atoms with E-state index in [9.17, 15) is 5.11 Å². The molecule has 0 saturated carbocycles. The zero-order chi connectivity index (χ0) is 14.4. The van der Waals surface area contributed by atoms with Gasteiger partial charge in [0.15, 0.2) is 0 Å². The van der Waals surface area contributed by atoms with Crippen molar-refractivity contribution >= 4 is 43.2 Å². The Morgan fingerprint density at radius 2 is 1.55 bits per heavy atom. The fourth-order valence-electron chi connectivity index (χ4n) is 2.78. The van der Waals surface area contributed by atoms with Crippen molar-refractivity contribution in [3.05, 3.63) is 50.9 Å². The highest BCUT2D eigenvalue weighted by Gasteiger charge is 2.34. The van der Waals surface area contributed by atoms with Crippen LogP contribution in [0.1, 0.15) is 11.7 Å². The molecule has 3 nitrogen and oxygen atoms in total. The van der Waals surface area contributed by atoms with Crippen LogP contribution in [0.4, 0.5) is 11.4 Å². The summed E-state index contributed by atoms with van der Waals surface area (Å²) in [6.45, 7) is 0. The molecule has 2 aromatic carbocycles. The molecule has 2 aromatic rings. The number of para-hydroxylation sites is 2. The van der Waals surface area contributed by atoms with Crippen LogP contribution in [0.15, 0.2) is 45.3 Å². The Kier molecular flexibility index (Phi) is 3.42. The van der Waals surface area contributed by atoms with Crippen LogP contribution in [0.5, 0.6) is 5.75 Å². The molecule has 0 aromatic heterocycles. The van der Waals surface area contributed by atoms with E-state index in [1.807, 2.05) is 38.4 Å². The third kappa shape index (κ3) is 2.00.